The molecule has 0 radical (unpaired) electrons. The summed E-state index contributed by atoms with van der Waals surface area (Å²) in [5, 5.41) is 3.88. The summed E-state index contributed by atoms with van der Waals surface area (Å²) in [5.74, 6) is 1.55. The molecule has 3 aromatic carbocycles. The summed E-state index contributed by atoms with van der Waals surface area (Å²) >= 11 is 0. The van der Waals surface area contributed by atoms with Crippen LogP contribution in [0.25, 0.3) is 0 Å². The lowest BCUT2D eigenvalue weighted by Gasteiger charge is -2.54. The predicted octanol–water partition coefficient (Wildman–Crippen LogP) is 3.99. The van der Waals surface area contributed by atoms with Gasteiger partial charge in [-0.15, -0.1) is 0 Å². The van der Waals surface area contributed by atoms with E-state index in [4.69, 9.17) is 9.29 Å². The van der Waals surface area contributed by atoms with E-state index < -0.39 is 20.0 Å². The Morgan fingerprint density at radius 2 is 1.43 bits per heavy atom. The number of hydrogen-bond acceptors (Lipinski definition) is 7. The third kappa shape index (κ3) is 7.70. The molecule has 0 aliphatic carbocycles. The van der Waals surface area contributed by atoms with E-state index >= 15 is 0 Å². The topological polar surface area (TPSA) is 113 Å². The Kier molecular flexibility index (Phi) is 9.68. The molecular weight excluding hydrogens is 548 g/mol. The molecule has 6 rings (SSSR count). The Bertz CT molecular complexity index is 1430. The quantitative estimate of drug-likeness (QED) is 0.381. The van der Waals surface area contributed by atoms with E-state index in [1.807, 2.05) is 0 Å². The van der Waals surface area contributed by atoms with Gasteiger partial charge in [-0.2, -0.15) is 8.42 Å². The number of nitrogens with zero attached hydrogens (tertiary/aromatic N) is 1. The fourth-order valence-corrected chi connectivity index (χ4v) is 6.72. The van der Waals surface area contributed by atoms with Crippen molar-refractivity contribution in [3.05, 3.63) is 95.6 Å². The summed E-state index contributed by atoms with van der Waals surface area (Å²) < 4.78 is 55.8. The molecule has 3 aromatic rings. The molecule has 0 amide bonds. The van der Waals surface area contributed by atoms with E-state index in [1.165, 1.54) is 30.2 Å². The number of sulfone groups is 1. The molecule has 216 valence electrons. The normalized spacial score (nSPS) is 22.4. The van der Waals surface area contributed by atoms with Crippen molar-refractivity contribution in [2.45, 2.75) is 42.3 Å². The molecule has 3 saturated heterocycles. The summed E-state index contributed by atoms with van der Waals surface area (Å²) in [5.41, 5.74) is 3.54. The highest BCUT2D eigenvalue weighted by Gasteiger charge is 2.46. The number of nitrogens with one attached hydrogen (secondary N) is 1. The first-order valence-electron chi connectivity index (χ1n) is 13.3. The Balaban J connectivity index is 0.000000681. The maximum absolute atomic E-state index is 12.2. The number of methoxy groups -OCH3 is 1. The van der Waals surface area contributed by atoms with Crippen molar-refractivity contribution in [1.82, 2.24) is 10.2 Å². The van der Waals surface area contributed by atoms with Gasteiger partial charge in [0, 0.05) is 36.4 Å². The summed E-state index contributed by atoms with van der Waals surface area (Å²) in [6.07, 6.45) is 4.34. The minimum atomic E-state index is -3.67. The van der Waals surface area contributed by atoms with E-state index in [-0.39, 0.29) is 12.0 Å². The zero-order valence-electron chi connectivity index (χ0n) is 23.1. The second kappa shape index (κ2) is 12.8. The van der Waals surface area contributed by atoms with E-state index in [2.05, 4.69) is 70.9 Å². The Morgan fingerprint density at radius 3 is 1.90 bits per heavy atom. The van der Waals surface area contributed by atoms with Crippen LogP contribution in [0, 0.1) is 5.92 Å². The van der Waals surface area contributed by atoms with Gasteiger partial charge in [0.25, 0.3) is 10.1 Å². The molecule has 3 fully saturated rings. The zero-order valence-corrected chi connectivity index (χ0v) is 24.7. The lowest BCUT2D eigenvalue weighted by atomic mass is 9.70. The van der Waals surface area contributed by atoms with Crippen molar-refractivity contribution >= 4 is 20.0 Å². The van der Waals surface area contributed by atoms with Gasteiger partial charge < -0.3 is 10.1 Å². The van der Waals surface area contributed by atoms with Crippen molar-refractivity contribution in [3.8, 4) is 5.75 Å². The lowest BCUT2D eigenvalue weighted by molar-refractivity contribution is 0.00461. The molecule has 0 unspecified atom stereocenters. The Hall–Kier alpha value is -2.76. The average Bonchev–Trinajstić information content (AvgIpc) is 2.93. The average molecular weight is 587 g/mol. The van der Waals surface area contributed by atoms with Crippen molar-refractivity contribution < 1.29 is 26.1 Å². The number of piperidine rings is 3. The van der Waals surface area contributed by atoms with Crippen LogP contribution >= 0.6 is 0 Å². The van der Waals surface area contributed by atoms with Gasteiger partial charge in [-0.1, -0.05) is 60.7 Å². The third-order valence-electron chi connectivity index (χ3n) is 7.74. The van der Waals surface area contributed by atoms with Crippen molar-refractivity contribution in [1.29, 1.82) is 0 Å². The van der Waals surface area contributed by atoms with Gasteiger partial charge in [-0.3, -0.25) is 9.45 Å². The predicted molar refractivity (Wildman–Crippen MR) is 157 cm³/mol. The van der Waals surface area contributed by atoms with Crippen molar-refractivity contribution in [2.24, 2.45) is 5.92 Å². The molecule has 3 heterocycles. The largest absolute Gasteiger partial charge is 0.496 e. The number of rotatable bonds is 8. The summed E-state index contributed by atoms with van der Waals surface area (Å²) in [6, 6.07) is 27.4. The van der Waals surface area contributed by atoms with Crippen LogP contribution in [0.15, 0.2) is 83.8 Å². The van der Waals surface area contributed by atoms with Crippen LogP contribution in [0.3, 0.4) is 0 Å². The second-order valence-electron chi connectivity index (χ2n) is 10.5. The number of hydrogen-bond donors (Lipinski definition) is 2. The number of benzene rings is 3. The van der Waals surface area contributed by atoms with Gasteiger partial charge in [0.2, 0.25) is 0 Å². The van der Waals surface area contributed by atoms with Gasteiger partial charge in [0.15, 0.2) is 9.84 Å². The molecule has 2 bridgehead atoms. The smallest absolute Gasteiger partial charge is 0.261 e. The van der Waals surface area contributed by atoms with Crippen molar-refractivity contribution in [3.63, 3.8) is 0 Å². The van der Waals surface area contributed by atoms with Crippen LogP contribution in [0.1, 0.15) is 35.4 Å². The van der Waals surface area contributed by atoms with Crippen LogP contribution in [0.4, 0.5) is 0 Å². The maximum Gasteiger partial charge on any atom is 0.261 e. The van der Waals surface area contributed by atoms with E-state index in [9.17, 15) is 16.8 Å². The first-order chi connectivity index (χ1) is 19.0. The molecule has 0 aromatic heterocycles. The fraction of sp³-hybridized carbons (Fsp3) is 0.400. The fourth-order valence-electron chi connectivity index (χ4n) is 6.05. The SMILES string of the molecule is COc1ccc(S(C)(=O)=O)cc1CN[C@H]1C2CCN(CC2)[C@H]1C(c1ccccc1)c1ccccc1.CS(=O)(=O)O. The summed E-state index contributed by atoms with van der Waals surface area (Å²) in [4.78, 5) is 2.99. The van der Waals surface area contributed by atoms with Gasteiger partial charge in [0.05, 0.1) is 18.3 Å². The van der Waals surface area contributed by atoms with Crippen molar-refractivity contribution in [2.75, 3.05) is 32.7 Å². The summed E-state index contributed by atoms with van der Waals surface area (Å²) in [6.45, 7) is 2.81. The number of fused-ring (bicyclic) bond motifs is 3. The standard InChI is InChI=1S/C29H34N2O3S.CH4O3S/c1-34-26-14-13-25(35(2,32)33)19-24(26)20-30-28-23-15-17-31(18-16-23)29(28)27(21-9-5-3-6-10-21)22-11-7-4-8-12-22;1-5(2,3)4/h3-14,19,23,27-30H,15-18,20H2,1-2H3;1H3,(H,2,3,4)/t28-,29-;/m0./s1. The monoisotopic (exact) mass is 586 g/mol. The van der Waals surface area contributed by atoms with Crippen LogP contribution < -0.4 is 10.1 Å². The van der Waals surface area contributed by atoms with Crippen LogP contribution in [-0.2, 0) is 26.5 Å². The van der Waals surface area contributed by atoms with Gasteiger partial charge in [-0.25, -0.2) is 8.42 Å². The molecule has 10 heteroatoms. The highest BCUT2D eigenvalue weighted by molar-refractivity contribution is 7.90. The number of ether oxygens (including phenoxy) is 1. The molecule has 2 atom stereocenters. The van der Waals surface area contributed by atoms with Gasteiger partial charge in [0.1, 0.15) is 5.75 Å². The molecule has 8 nitrogen and oxygen atoms in total. The first kappa shape index (κ1) is 30.2. The van der Waals surface area contributed by atoms with Crippen LogP contribution in [0.2, 0.25) is 0 Å². The second-order valence-corrected chi connectivity index (χ2v) is 14.0. The first-order valence-corrected chi connectivity index (χ1v) is 17.1. The highest BCUT2D eigenvalue weighted by Crippen LogP contribution is 2.42. The van der Waals surface area contributed by atoms with Crippen LogP contribution in [0.5, 0.6) is 5.75 Å². The summed E-state index contributed by atoms with van der Waals surface area (Å²) in [7, 11) is -5.32. The molecule has 3 aliphatic rings. The highest BCUT2D eigenvalue weighted by atomic mass is 32.2. The molecule has 0 saturated carbocycles. The minimum absolute atomic E-state index is 0.252. The molecule has 2 N–H and O–H groups in total. The van der Waals surface area contributed by atoms with E-state index in [0.717, 1.165) is 18.7 Å². The van der Waals surface area contributed by atoms with Crippen LogP contribution in [-0.4, -0.2) is 71.1 Å². The lowest BCUT2D eigenvalue weighted by Crippen LogP contribution is -2.64. The third-order valence-corrected chi connectivity index (χ3v) is 8.85. The van der Waals surface area contributed by atoms with E-state index in [1.54, 1.807) is 25.3 Å². The van der Waals surface area contributed by atoms with Gasteiger partial charge in [-0.05, 0) is 61.2 Å². The maximum atomic E-state index is 12.2. The van der Waals surface area contributed by atoms with E-state index in [0.29, 0.717) is 35.4 Å². The molecular formula is C30H38N2O6S2. The molecule has 3 aliphatic heterocycles. The molecule has 0 spiro atoms. The van der Waals surface area contributed by atoms with Gasteiger partial charge >= 0.3 is 0 Å². The molecule has 40 heavy (non-hydrogen) atoms. The Morgan fingerprint density at radius 1 is 0.900 bits per heavy atom. The Labute approximate surface area is 238 Å². The zero-order chi connectivity index (χ0) is 28.9. The minimum Gasteiger partial charge on any atom is -0.496 e.